The largest absolute Gasteiger partial charge is 0.291 e. The highest BCUT2D eigenvalue weighted by atomic mass is 79.9. The number of anilines is 2. The second-order valence-corrected chi connectivity index (χ2v) is 8.57. The summed E-state index contributed by atoms with van der Waals surface area (Å²) in [5.41, 5.74) is 2.29. The minimum Gasteiger partial charge on any atom is -0.291 e. The fourth-order valence-corrected chi connectivity index (χ4v) is 3.80. The van der Waals surface area contributed by atoms with Crippen LogP contribution in [0.3, 0.4) is 0 Å². The van der Waals surface area contributed by atoms with Crippen molar-refractivity contribution in [3.8, 4) is 0 Å². The summed E-state index contributed by atoms with van der Waals surface area (Å²) in [6.07, 6.45) is 2.55. The van der Waals surface area contributed by atoms with Crippen LogP contribution in [0.1, 0.15) is 14.4 Å². The van der Waals surface area contributed by atoms with Crippen LogP contribution in [0.2, 0.25) is 10.0 Å². The van der Waals surface area contributed by atoms with Gasteiger partial charge in [-0.25, -0.2) is 17.2 Å². The molecule has 34 heavy (non-hydrogen) atoms. The summed E-state index contributed by atoms with van der Waals surface area (Å²) in [5, 5.41) is 19.6. The predicted molar refractivity (Wildman–Crippen MR) is 138 cm³/mol. The first-order valence-electron chi connectivity index (χ1n) is 8.70. The Labute approximate surface area is 218 Å². The van der Waals surface area contributed by atoms with E-state index in [9.17, 15) is 19.6 Å². The van der Waals surface area contributed by atoms with Crippen molar-refractivity contribution in [3.05, 3.63) is 67.7 Å². The summed E-state index contributed by atoms with van der Waals surface area (Å²) >= 11 is 17.9. The van der Waals surface area contributed by atoms with E-state index >= 15 is 0 Å². The maximum atomic E-state index is 11.8. The van der Waals surface area contributed by atoms with E-state index in [1.807, 2.05) is 5.48 Å². The Hall–Kier alpha value is -2.55. The van der Waals surface area contributed by atoms with Crippen LogP contribution in [-0.4, -0.2) is 33.5 Å². The number of carbonyl (C=O) groups excluding carboxylic acids is 1. The lowest BCUT2D eigenvalue weighted by Crippen LogP contribution is -2.24. The molecule has 0 aliphatic carbocycles. The lowest BCUT2D eigenvalue weighted by atomic mass is 10.2. The van der Waals surface area contributed by atoms with E-state index in [1.165, 1.54) is 47.4 Å². The Morgan fingerprint density at radius 2 is 1.44 bits per heavy atom. The fraction of sp³-hybridized carbons (Fsp3) is 0.105. The Morgan fingerprint density at radius 3 is 1.91 bits per heavy atom. The molecule has 0 bridgehead atoms. The molecular weight excluding hydrogens is 623 g/mol. The number of amides is 1. The molecule has 4 rings (SSSR count). The number of rotatable bonds is 2. The third-order valence-corrected chi connectivity index (χ3v) is 6.05. The van der Waals surface area contributed by atoms with Crippen molar-refractivity contribution < 1.29 is 15.2 Å². The number of nitrogens with zero attached hydrogens (tertiary/aromatic N) is 5. The Kier molecular flexibility index (Phi) is 9.16. The van der Waals surface area contributed by atoms with Crippen molar-refractivity contribution in [2.75, 3.05) is 10.5 Å². The molecule has 0 unspecified atom stereocenters. The average Bonchev–Trinajstić information content (AvgIpc) is 2.79. The molecule has 0 aliphatic rings. The van der Waals surface area contributed by atoms with Gasteiger partial charge in [-0.15, -0.1) is 0 Å². The summed E-state index contributed by atoms with van der Waals surface area (Å²) in [5.74, 6) is -0.593. The first-order valence-corrected chi connectivity index (χ1v) is 10.9. The molecule has 2 heterocycles. The van der Waals surface area contributed by atoms with E-state index in [0.29, 0.717) is 21.7 Å². The van der Waals surface area contributed by atoms with E-state index in [2.05, 4.69) is 42.3 Å². The minimum absolute atomic E-state index is 0. The van der Waals surface area contributed by atoms with Gasteiger partial charge in [0.25, 0.3) is 11.1 Å². The molecule has 2 aromatic carbocycles. The number of hydrogen-bond acceptors (Lipinski definition) is 8. The van der Waals surface area contributed by atoms with Gasteiger partial charge in [0.2, 0.25) is 5.91 Å². The summed E-state index contributed by atoms with van der Waals surface area (Å²) < 4.78 is 2.31. The fourth-order valence-electron chi connectivity index (χ4n) is 2.69. The van der Waals surface area contributed by atoms with Gasteiger partial charge >= 0.3 is 0 Å². The lowest BCUT2D eigenvalue weighted by molar-refractivity contribution is -0.121. The van der Waals surface area contributed by atoms with Crippen molar-refractivity contribution in [2.24, 2.45) is 0 Å². The van der Waals surface area contributed by atoms with Gasteiger partial charge in [-0.1, -0.05) is 30.6 Å². The van der Waals surface area contributed by atoms with Crippen LogP contribution in [-0.2, 0) is 4.79 Å². The van der Waals surface area contributed by atoms with E-state index in [-0.39, 0.29) is 45.2 Å². The summed E-state index contributed by atoms with van der Waals surface area (Å²) in [6.45, 7) is 1.18. The number of benzene rings is 2. The Bertz CT molecular complexity index is 1510. The topological polar surface area (TPSA) is 143 Å². The summed E-state index contributed by atoms with van der Waals surface area (Å²) in [6, 6.07) is 5.85. The first kappa shape index (κ1) is 27.7. The van der Waals surface area contributed by atoms with Gasteiger partial charge in [0, 0.05) is 6.92 Å². The molecule has 2 aromatic heterocycles. The molecule has 0 saturated heterocycles. The zero-order valence-corrected chi connectivity index (χ0v) is 21.0. The maximum Gasteiger partial charge on any atom is 0.271 e. The molecular formula is C19H16Br2Cl2N6O5. The number of carbonyl (C=O) groups is 1. The Balaban J connectivity index is 0.000000237. The molecule has 15 heteroatoms. The molecule has 0 radical (unpaired) electrons. The van der Waals surface area contributed by atoms with Crippen LogP contribution in [0.5, 0.6) is 0 Å². The maximum absolute atomic E-state index is 11.8. The van der Waals surface area contributed by atoms with Gasteiger partial charge in [-0.3, -0.25) is 30.3 Å². The minimum atomic E-state index is -0.593. The van der Waals surface area contributed by atoms with Crippen LogP contribution in [0, 0.1) is 0 Å². The molecule has 0 atom stereocenters. The standard InChI is InChI=1S/C10H7BrClN3O3.C8H5BrClN3O2.CH4/c1-5(16)15(18)7-3-2-6-9(8(7)12)13-4-14(11)10(6)17;9-13-3-11-7-4(8(13)14)1-2-5(12-15)6(7)10;/h2-4,18H,1H3;1-3,12,15H;1H4. The van der Waals surface area contributed by atoms with Crippen LogP contribution < -0.4 is 21.7 Å². The van der Waals surface area contributed by atoms with Crippen molar-refractivity contribution >= 4 is 94.6 Å². The highest BCUT2D eigenvalue weighted by molar-refractivity contribution is 9.08. The van der Waals surface area contributed by atoms with Gasteiger partial charge in [0.05, 0.1) is 75.5 Å². The van der Waals surface area contributed by atoms with Crippen LogP contribution in [0.4, 0.5) is 11.4 Å². The van der Waals surface area contributed by atoms with Crippen molar-refractivity contribution in [3.63, 3.8) is 0 Å². The second kappa shape index (κ2) is 11.3. The Morgan fingerprint density at radius 1 is 0.971 bits per heavy atom. The van der Waals surface area contributed by atoms with Crippen molar-refractivity contribution in [1.29, 1.82) is 0 Å². The van der Waals surface area contributed by atoms with Gasteiger partial charge < -0.3 is 0 Å². The monoisotopic (exact) mass is 636 g/mol. The number of fused-ring (bicyclic) bond motifs is 2. The third kappa shape index (κ3) is 5.24. The van der Waals surface area contributed by atoms with Crippen molar-refractivity contribution in [2.45, 2.75) is 14.4 Å². The number of hydrogen-bond donors (Lipinski definition) is 3. The van der Waals surface area contributed by atoms with Crippen LogP contribution in [0.25, 0.3) is 21.8 Å². The second-order valence-electron chi connectivity index (χ2n) is 6.28. The molecule has 0 spiro atoms. The van der Waals surface area contributed by atoms with Crippen LogP contribution >= 0.6 is 55.5 Å². The normalized spacial score (nSPS) is 10.3. The predicted octanol–water partition coefficient (Wildman–Crippen LogP) is 4.60. The van der Waals surface area contributed by atoms with E-state index < -0.39 is 5.91 Å². The quantitative estimate of drug-likeness (QED) is 0.214. The molecule has 0 aliphatic heterocycles. The zero-order chi connectivity index (χ0) is 24.4. The highest BCUT2D eigenvalue weighted by Gasteiger charge is 2.17. The van der Waals surface area contributed by atoms with Crippen LogP contribution in [0.15, 0.2) is 46.5 Å². The third-order valence-electron chi connectivity index (χ3n) is 4.28. The van der Waals surface area contributed by atoms with E-state index in [0.717, 1.165) is 3.59 Å². The smallest absolute Gasteiger partial charge is 0.271 e. The number of hydroxylamine groups is 1. The van der Waals surface area contributed by atoms with Gasteiger partial charge in [-0.05, 0) is 24.3 Å². The average molecular weight is 639 g/mol. The van der Waals surface area contributed by atoms with Gasteiger partial charge in [-0.2, -0.15) is 5.06 Å². The number of halogens is 4. The number of nitrogens with one attached hydrogen (secondary N) is 1. The molecule has 0 fully saturated rings. The van der Waals surface area contributed by atoms with Gasteiger partial charge in [0.15, 0.2) is 0 Å². The molecule has 1 amide bonds. The highest BCUT2D eigenvalue weighted by Crippen LogP contribution is 2.30. The molecule has 0 saturated carbocycles. The molecule has 4 aromatic rings. The first-order chi connectivity index (χ1) is 15.6. The lowest BCUT2D eigenvalue weighted by Gasteiger charge is -2.14. The van der Waals surface area contributed by atoms with Crippen molar-refractivity contribution in [1.82, 2.24) is 17.2 Å². The van der Waals surface area contributed by atoms with E-state index in [4.69, 9.17) is 28.4 Å². The summed E-state index contributed by atoms with van der Waals surface area (Å²) in [7, 11) is 0. The summed E-state index contributed by atoms with van der Waals surface area (Å²) in [4.78, 5) is 42.4. The molecule has 3 N–H and O–H groups in total. The SMILES string of the molecule is C.CC(=O)N(O)c1ccc2c(=O)n(Br)cnc2c1Cl.O=c1c2ccc(NO)c(Cl)c2ncn1Br. The van der Waals surface area contributed by atoms with E-state index in [1.54, 1.807) is 0 Å². The molecule has 180 valence electrons. The number of aromatic nitrogens is 4. The van der Waals surface area contributed by atoms with Gasteiger partial charge in [0.1, 0.15) is 12.7 Å². The molecule has 11 nitrogen and oxygen atoms in total. The zero-order valence-electron chi connectivity index (χ0n) is 16.3.